The largest absolute Gasteiger partial charge is 0.494 e. The molecule has 2 aromatic rings. The molecule has 0 aliphatic rings. The van der Waals surface area contributed by atoms with Crippen LogP contribution in [-0.4, -0.2) is 39.2 Å². The Kier molecular flexibility index (Phi) is 6.20. The molecule has 0 atom stereocenters. The molecule has 1 heterocycles. The van der Waals surface area contributed by atoms with Gasteiger partial charge in [-0.25, -0.2) is 13.2 Å². The normalized spacial score (nSPS) is 11.3. The van der Waals surface area contributed by atoms with Crippen LogP contribution in [0.4, 0.5) is 5.69 Å². The monoisotopic (exact) mass is 394 g/mol. The number of ether oxygens (including phenoxy) is 2. The van der Waals surface area contributed by atoms with Gasteiger partial charge in [0, 0.05) is 25.5 Å². The van der Waals surface area contributed by atoms with Crippen LogP contribution < -0.4 is 9.04 Å². The van der Waals surface area contributed by atoms with Gasteiger partial charge in [0.25, 0.3) is 10.0 Å². The lowest BCUT2D eigenvalue weighted by Gasteiger charge is -2.20. The minimum atomic E-state index is -3.97. The molecule has 7 nitrogen and oxygen atoms in total. The summed E-state index contributed by atoms with van der Waals surface area (Å²) >= 11 is 0. The molecule has 0 radical (unpaired) electrons. The Labute approximate surface area is 160 Å². The fourth-order valence-corrected chi connectivity index (χ4v) is 4.54. The molecule has 0 aliphatic heterocycles. The molecule has 1 aromatic heterocycles. The van der Waals surface area contributed by atoms with Gasteiger partial charge in [-0.1, -0.05) is 0 Å². The number of sulfonamides is 1. The average Bonchev–Trinajstić information content (AvgIpc) is 2.87. The molecule has 8 heteroatoms. The third kappa shape index (κ3) is 3.80. The summed E-state index contributed by atoms with van der Waals surface area (Å²) in [6.45, 7) is 7.63. The molecule has 0 unspecified atom stereocenters. The number of aromatic nitrogens is 1. The van der Waals surface area contributed by atoms with Crippen LogP contribution in [-0.2, 0) is 21.8 Å². The first-order valence-corrected chi connectivity index (χ1v) is 10.2. The zero-order valence-corrected chi connectivity index (χ0v) is 17.4. The lowest BCUT2D eigenvalue weighted by molar-refractivity contribution is 0.0521. The van der Waals surface area contributed by atoms with Crippen molar-refractivity contribution >= 4 is 21.7 Å². The highest BCUT2D eigenvalue weighted by atomic mass is 32.2. The molecular formula is C19H26N2O5S. The van der Waals surface area contributed by atoms with Gasteiger partial charge in [0.05, 0.1) is 18.9 Å². The predicted octanol–water partition coefficient (Wildman–Crippen LogP) is 3.04. The van der Waals surface area contributed by atoms with Crippen molar-refractivity contribution in [3.05, 3.63) is 41.2 Å². The first-order valence-electron chi connectivity index (χ1n) is 8.71. The zero-order valence-electron chi connectivity index (χ0n) is 16.6. The molecule has 27 heavy (non-hydrogen) atoms. The van der Waals surface area contributed by atoms with E-state index >= 15 is 0 Å². The first kappa shape index (κ1) is 20.8. The lowest BCUT2D eigenvalue weighted by Crippen LogP contribution is -2.28. The number of benzene rings is 1. The summed E-state index contributed by atoms with van der Waals surface area (Å²) in [7, 11) is -0.787. The third-order valence-electron chi connectivity index (χ3n) is 4.53. The highest BCUT2D eigenvalue weighted by Crippen LogP contribution is 2.32. The van der Waals surface area contributed by atoms with Crippen LogP contribution in [0.5, 0.6) is 5.75 Å². The number of rotatable bonds is 7. The smallest absolute Gasteiger partial charge is 0.341 e. The summed E-state index contributed by atoms with van der Waals surface area (Å²) < 4.78 is 40.0. The summed E-state index contributed by atoms with van der Waals surface area (Å²) in [5.74, 6) is 0.0170. The molecule has 0 fully saturated rings. The van der Waals surface area contributed by atoms with E-state index in [1.165, 1.54) is 7.05 Å². The van der Waals surface area contributed by atoms with E-state index in [-0.39, 0.29) is 17.1 Å². The van der Waals surface area contributed by atoms with Gasteiger partial charge >= 0.3 is 5.97 Å². The number of carbonyl (C=O) groups is 1. The third-order valence-corrected chi connectivity index (χ3v) is 6.48. The molecule has 0 N–H and O–H groups in total. The van der Waals surface area contributed by atoms with E-state index in [0.717, 1.165) is 4.31 Å². The zero-order chi connectivity index (χ0) is 20.4. The Balaban J connectivity index is 2.55. The van der Waals surface area contributed by atoms with Crippen molar-refractivity contribution in [2.24, 2.45) is 7.05 Å². The molecule has 0 saturated carbocycles. The van der Waals surface area contributed by atoms with Crippen molar-refractivity contribution < 1.29 is 22.7 Å². The fraction of sp³-hybridized carbons (Fsp3) is 0.421. The van der Waals surface area contributed by atoms with Crippen LogP contribution in [0, 0.1) is 13.8 Å². The van der Waals surface area contributed by atoms with E-state index in [4.69, 9.17) is 9.47 Å². The van der Waals surface area contributed by atoms with Crippen LogP contribution in [0.15, 0.2) is 29.2 Å². The SMILES string of the molecule is CCOC(=O)c1c(S(=O)(=O)N(C)c2ccc(OCC)cc2)c(C)n(C)c1C. The van der Waals surface area contributed by atoms with Crippen LogP contribution >= 0.6 is 0 Å². The van der Waals surface area contributed by atoms with E-state index in [0.29, 0.717) is 29.4 Å². The molecule has 2 rings (SSSR count). The van der Waals surface area contributed by atoms with Crippen LogP contribution in [0.3, 0.4) is 0 Å². The van der Waals surface area contributed by atoms with Crippen molar-refractivity contribution in [3.8, 4) is 5.75 Å². The van der Waals surface area contributed by atoms with Crippen molar-refractivity contribution in [2.75, 3.05) is 24.6 Å². The van der Waals surface area contributed by atoms with Gasteiger partial charge in [-0.3, -0.25) is 4.31 Å². The van der Waals surface area contributed by atoms with Crippen LogP contribution in [0.1, 0.15) is 35.6 Å². The summed E-state index contributed by atoms with van der Waals surface area (Å²) in [6.07, 6.45) is 0. The maximum Gasteiger partial charge on any atom is 0.341 e. The van der Waals surface area contributed by atoms with Gasteiger partial charge in [0.15, 0.2) is 0 Å². The van der Waals surface area contributed by atoms with Gasteiger partial charge in [-0.15, -0.1) is 0 Å². The second kappa shape index (κ2) is 8.04. The minimum absolute atomic E-state index is 0.0302. The van der Waals surface area contributed by atoms with E-state index in [2.05, 4.69) is 0 Å². The van der Waals surface area contributed by atoms with E-state index < -0.39 is 16.0 Å². The molecule has 0 amide bonds. The molecule has 0 aliphatic carbocycles. The molecular weight excluding hydrogens is 368 g/mol. The molecule has 1 aromatic carbocycles. The maximum atomic E-state index is 13.3. The van der Waals surface area contributed by atoms with E-state index in [1.807, 2.05) is 6.92 Å². The van der Waals surface area contributed by atoms with Gasteiger partial charge < -0.3 is 14.0 Å². The van der Waals surface area contributed by atoms with Crippen molar-refractivity contribution in [2.45, 2.75) is 32.6 Å². The van der Waals surface area contributed by atoms with Crippen molar-refractivity contribution in [1.82, 2.24) is 4.57 Å². The molecule has 0 saturated heterocycles. The number of hydrogen-bond donors (Lipinski definition) is 0. The van der Waals surface area contributed by atoms with Gasteiger partial charge in [0.1, 0.15) is 16.2 Å². The van der Waals surface area contributed by atoms with Gasteiger partial charge in [0.2, 0.25) is 0 Å². The molecule has 0 spiro atoms. The Hall–Kier alpha value is -2.48. The van der Waals surface area contributed by atoms with Crippen molar-refractivity contribution in [1.29, 1.82) is 0 Å². The fourth-order valence-electron chi connectivity index (χ4n) is 2.87. The quantitative estimate of drug-likeness (QED) is 0.675. The first-order chi connectivity index (χ1) is 12.7. The highest BCUT2D eigenvalue weighted by Gasteiger charge is 2.34. The second-order valence-corrected chi connectivity index (χ2v) is 7.96. The minimum Gasteiger partial charge on any atom is -0.494 e. The average molecular weight is 394 g/mol. The van der Waals surface area contributed by atoms with Gasteiger partial charge in [-0.05, 0) is 52.0 Å². The van der Waals surface area contributed by atoms with Crippen LogP contribution in [0.25, 0.3) is 0 Å². The summed E-state index contributed by atoms with van der Waals surface area (Å²) in [4.78, 5) is 12.4. The maximum absolute atomic E-state index is 13.3. The predicted molar refractivity (Wildman–Crippen MR) is 104 cm³/mol. The van der Waals surface area contributed by atoms with Crippen LogP contribution in [0.2, 0.25) is 0 Å². The summed E-state index contributed by atoms with van der Waals surface area (Å²) in [5.41, 5.74) is 1.57. The summed E-state index contributed by atoms with van der Waals surface area (Å²) in [5, 5.41) is 0. The van der Waals surface area contributed by atoms with E-state index in [1.54, 1.807) is 56.7 Å². The Morgan fingerprint density at radius 3 is 2.19 bits per heavy atom. The topological polar surface area (TPSA) is 77.8 Å². The Morgan fingerprint density at radius 2 is 1.67 bits per heavy atom. The number of hydrogen-bond acceptors (Lipinski definition) is 5. The number of nitrogens with zero attached hydrogens (tertiary/aromatic N) is 2. The summed E-state index contributed by atoms with van der Waals surface area (Å²) in [6, 6.07) is 6.75. The van der Waals surface area contributed by atoms with Gasteiger partial charge in [-0.2, -0.15) is 0 Å². The highest BCUT2D eigenvalue weighted by molar-refractivity contribution is 7.93. The number of carbonyl (C=O) groups excluding carboxylic acids is 1. The van der Waals surface area contributed by atoms with Crippen molar-refractivity contribution in [3.63, 3.8) is 0 Å². The number of esters is 1. The standard InChI is InChI=1S/C19H26N2O5S/c1-7-25-16-11-9-15(10-12-16)21(6)27(23,24)18-14(4)20(5)13(3)17(18)19(22)26-8-2/h9-12H,7-8H2,1-6H3. The molecule has 148 valence electrons. The second-order valence-electron chi connectivity index (χ2n) is 6.05. The lowest BCUT2D eigenvalue weighted by atomic mass is 10.2. The van der Waals surface area contributed by atoms with E-state index in [9.17, 15) is 13.2 Å². The Morgan fingerprint density at radius 1 is 1.07 bits per heavy atom. The Bertz CT molecular complexity index is 930. The molecule has 0 bridgehead atoms. The number of anilines is 1.